The van der Waals surface area contributed by atoms with E-state index in [-0.39, 0.29) is 5.92 Å². The third-order valence-electron chi connectivity index (χ3n) is 3.11. The predicted molar refractivity (Wildman–Crippen MR) is 60.9 cm³/mol. The highest BCUT2D eigenvalue weighted by Crippen LogP contribution is 2.22. The Bertz CT molecular complexity index is 212. The van der Waals surface area contributed by atoms with Crippen LogP contribution >= 0.6 is 0 Å². The predicted octanol–water partition coefficient (Wildman–Crippen LogP) is 2.22. The van der Waals surface area contributed by atoms with Gasteiger partial charge in [-0.3, -0.25) is 4.79 Å². The largest absolute Gasteiger partial charge is 0.481 e. The molecule has 3 heteroatoms. The zero-order valence-corrected chi connectivity index (χ0v) is 10.1. The van der Waals surface area contributed by atoms with Crippen molar-refractivity contribution in [2.75, 3.05) is 19.6 Å². The number of carboxylic acids is 1. The Labute approximate surface area is 92.5 Å². The monoisotopic (exact) mass is 213 g/mol. The molecule has 1 N–H and O–H groups in total. The molecule has 88 valence electrons. The van der Waals surface area contributed by atoms with Crippen LogP contribution in [0.3, 0.4) is 0 Å². The molecule has 0 saturated carbocycles. The molecule has 0 aliphatic carbocycles. The van der Waals surface area contributed by atoms with Crippen LogP contribution in [0, 0.1) is 11.3 Å². The summed E-state index contributed by atoms with van der Waals surface area (Å²) >= 11 is 0. The van der Waals surface area contributed by atoms with Crippen molar-refractivity contribution >= 4 is 5.97 Å². The van der Waals surface area contributed by atoms with E-state index in [0.717, 1.165) is 32.5 Å². The van der Waals surface area contributed by atoms with E-state index < -0.39 is 5.97 Å². The van der Waals surface area contributed by atoms with Crippen molar-refractivity contribution in [2.45, 2.75) is 40.0 Å². The van der Waals surface area contributed by atoms with E-state index in [4.69, 9.17) is 5.11 Å². The lowest BCUT2D eigenvalue weighted by Gasteiger charge is -2.32. The van der Waals surface area contributed by atoms with Gasteiger partial charge < -0.3 is 10.0 Å². The van der Waals surface area contributed by atoms with E-state index in [2.05, 4.69) is 25.7 Å². The summed E-state index contributed by atoms with van der Waals surface area (Å²) in [6.45, 7) is 9.75. The Morgan fingerprint density at radius 2 is 1.87 bits per heavy atom. The Hall–Kier alpha value is -0.570. The van der Waals surface area contributed by atoms with Crippen molar-refractivity contribution in [1.82, 2.24) is 4.90 Å². The maximum atomic E-state index is 10.8. The quantitative estimate of drug-likeness (QED) is 0.781. The summed E-state index contributed by atoms with van der Waals surface area (Å²) in [5, 5.41) is 8.87. The third kappa shape index (κ3) is 4.65. The first-order valence-corrected chi connectivity index (χ1v) is 5.84. The van der Waals surface area contributed by atoms with Crippen LogP contribution in [-0.4, -0.2) is 35.6 Å². The molecule has 0 radical (unpaired) electrons. The SMILES string of the molecule is CC(C)(C)CCN1CCC(C(=O)O)CC1. The van der Waals surface area contributed by atoms with Gasteiger partial charge in [0, 0.05) is 0 Å². The molecule has 0 amide bonds. The van der Waals surface area contributed by atoms with Gasteiger partial charge in [0.25, 0.3) is 0 Å². The van der Waals surface area contributed by atoms with Gasteiger partial charge in [-0.1, -0.05) is 20.8 Å². The summed E-state index contributed by atoms with van der Waals surface area (Å²) in [6, 6.07) is 0. The molecule has 0 aromatic heterocycles. The molecule has 1 saturated heterocycles. The molecule has 15 heavy (non-hydrogen) atoms. The summed E-state index contributed by atoms with van der Waals surface area (Å²) in [6.07, 6.45) is 2.82. The second-order valence-corrected chi connectivity index (χ2v) is 5.76. The Kier molecular flexibility index (Phi) is 4.14. The number of carbonyl (C=O) groups is 1. The zero-order chi connectivity index (χ0) is 11.5. The minimum atomic E-state index is -0.620. The maximum absolute atomic E-state index is 10.8. The summed E-state index contributed by atoms with van der Waals surface area (Å²) in [7, 11) is 0. The van der Waals surface area contributed by atoms with Crippen molar-refractivity contribution in [3.63, 3.8) is 0 Å². The fraction of sp³-hybridized carbons (Fsp3) is 0.917. The lowest BCUT2D eigenvalue weighted by atomic mass is 9.91. The molecule has 0 aromatic rings. The molecular formula is C12H23NO2. The van der Waals surface area contributed by atoms with Gasteiger partial charge in [-0.05, 0) is 44.3 Å². The summed E-state index contributed by atoms with van der Waals surface area (Å²) < 4.78 is 0. The van der Waals surface area contributed by atoms with Gasteiger partial charge >= 0.3 is 5.97 Å². The Balaban J connectivity index is 2.23. The highest BCUT2D eigenvalue weighted by Gasteiger charge is 2.24. The Morgan fingerprint density at radius 1 is 1.33 bits per heavy atom. The molecule has 0 spiro atoms. The summed E-state index contributed by atoms with van der Waals surface area (Å²) in [5.41, 5.74) is 0.379. The van der Waals surface area contributed by atoms with Crippen LogP contribution in [0.25, 0.3) is 0 Å². The summed E-state index contributed by atoms with van der Waals surface area (Å²) in [4.78, 5) is 13.2. The van der Waals surface area contributed by atoms with Crippen molar-refractivity contribution in [2.24, 2.45) is 11.3 Å². The molecule has 3 nitrogen and oxygen atoms in total. The highest BCUT2D eigenvalue weighted by atomic mass is 16.4. The molecule has 0 aromatic carbocycles. The van der Waals surface area contributed by atoms with Crippen LogP contribution in [0.1, 0.15) is 40.0 Å². The van der Waals surface area contributed by atoms with Gasteiger partial charge in [0.15, 0.2) is 0 Å². The number of nitrogens with zero attached hydrogens (tertiary/aromatic N) is 1. The summed E-state index contributed by atoms with van der Waals surface area (Å²) in [5.74, 6) is -0.721. The third-order valence-corrected chi connectivity index (χ3v) is 3.11. The van der Waals surface area contributed by atoms with Crippen molar-refractivity contribution < 1.29 is 9.90 Å². The van der Waals surface area contributed by atoms with E-state index in [1.807, 2.05) is 0 Å². The fourth-order valence-corrected chi connectivity index (χ4v) is 1.90. The van der Waals surface area contributed by atoms with Crippen molar-refractivity contribution in [3.8, 4) is 0 Å². The van der Waals surface area contributed by atoms with E-state index in [1.54, 1.807) is 0 Å². The standard InChI is InChI=1S/C12H23NO2/c1-12(2,3)6-9-13-7-4-10(5-8-13)11(14)15/h10H,4-9H2,1-3H3,(H,14,15). The molecular weight excluding hydrogens is 190 g/mol. The number of likely N-dealkylation sites (tertiary alicyclic amines) is 1. The first kappa shape index (κ1) is 12.5. The van der Waals surface area contributed by atoms with Gasteiger partial charge in [-0.15, -0.1) is 0 Å². The smallest absolute Gasteiger partial charge is 0.306 e. The van der Waals surface area contributed by atoms with Crippen LogP contribution < -0.4 is 0 Å². The van der Waals surface area contributed by atoms with Gasteiger partial charge in [0.2, 0.25) is 0 Å². The topological polar surface area (TPSA) is 40.5 Å². The number of aliphatic carboxylic acids is 1. The molecule has 0 atom stereocenters. The number of rotatable bonds is 3. The second kappa shape index (κ2) is 4.97. The number of hydrogen-bond acceptors (Lipinski definition) is 2. The van der Waals surface area contributed by atoms with Gasteiger partial charge in [0.1, 0.15) is 0 Å². The molecule has 0 bridgehead atoms. The molecule has 1 fully saturated rings. The zero-order valence-electron chi connectivity index (χ0n) is 10.1. The highest BCUT2D eigenvalue weighted by molar-refractivity contribution is 5.70. The van der Waals surface area contributed by atoms with E-state index in [1.165, 1.54) is 6.42 Å². The van der Waals surface area contributed by atoms with Crippen LogP contribution in [0.5, 0.6) is 0 Å². The normalized spacial score (nSPS) is 20.5. The van der Waals surface area contributed by atoms with Crippen molar-refractivity contribution in [1.29, 1.82) is 0 Å². The van der Waals surface area contributed by atoms with Gasteiger partial charge in [0.05, 0.1) is 5.92 Å². The lowest BCUT2D eigenvalue weighted by Crippen LogP contribution is -2.37. The van der Waals surface area contributed by atoms with Crippen LogP contribution in [0.2, 0.25) is 0 Å². The molecule has 0 unspecified atom stereocenters. The van der Waals surface area contributed by atoms with Crippen LogP contribution in [0.4, 0.5) is 0 Å². The second-order valence-electron chi connectivity index (χ2n) is 5.76. The molecule has 1 rings (SSSR count). The maximum Gasteiger partial charge on any atom is 0.306 e. The first-order chi connectivity index (χ1) is 6.88. The number of carboxylic acid groups (broad SMARTS) is 1. The van der Waals surface area contributed by atoms with Crippen molar-refractivity contribution in [3.05, 3.63) is 0 Å². The van der Waals surface area contributed by atoms with E-state index in [9.17, 15) is 4.79 Å². The number of hydrogen-bond donors (Lipinski definition) is 1. The van der Waals surface area contributed by atoms with Gasteiger partial charge in [-0.2, -0.15) is 0 Å². The lowest BCUT2D eigenvalue weighted by molar-refractivity contribution is -0.143. The minimum absolute atomic E-state index is 0.101. The van der Waals surface area contributed by atoms with E-state index >= 15 is 0 Å². The first-order valence-electron chi connectivity index (χ1n) is 5.84. The molecule has 1 heterocycles. The average Bonchev–Trinajstić information content (AvgIpc) is 2.14. The average molecular weight is 213 g/mol. The van der Waals surface area contributed by atoms with E-state index in [0.29, 0.717) is 5.41 Å². The molecule has 1 aliphatic rings. The Morgan fingerprint density at radius 3 is 2.27 bits per heavy atom. The van der Waals surface area contributed by atoms with Crippen LogP contribution in [-0.2, 0) is 4.79 Å². The van der Waals surface area contributed by atoms with Crippen LogP contribution in [0.15, 0.2) is 0 Å². The fourth-order valence-electron chi connectivity index (χ4n) is 1.90. The minimum Gasteiger partial charge on any atom is -0.481 e. The number of piperidine rings is 1. The molecule has 1 aliphatic heterocycles. The van der Waals surface area contributed by atoms with Gasteiger partial charge in [-0.25, -0.2) is 0 Å².